The fraction of sp³-hybridized carbons (Fsp3) is 0.231. The van der Waals surface area contributed by atoms with Crippen molar-refractivity contribution in [2.75, 3.05) is 18.5 Å². The highest BCUT2D eigenvalue weighted by atomic mass is 32.1. The number of likely N-dealkylation sites (N-methyl/N-ethyl adjacent to an activating group) is 1. The van der Waals surface area contributed by atoms with Gasteiger partial charge in [-0.05, 0) is 17.9 Å². The van der Waals surface area contributed by atoms with E-state index < -0.39 is 16.6 Å². The number of pyridine rings is 1. The summed E-state index contributed by atoms with van der Waals surface area (Å²) in [4.78, 5) is 28.1. The van der Waals surface area contributed by atoms with Gasteiger partial charge in [0.1, 0.15) is 17.6 Å². The maximum Gasteiger partial charge on any atom is 0.342 e. The molecule has 0 fully saturated rings. The molecule has 0 atom stereocenters. The highest BCUT2D eigenvalue weighted by Crippen LogP contribution is 2.22. The summed E-state index contributed by atoms with van der Waals surface area (Å²) in [5, 5.41) is 21.8. The molecule has 0 aromatic carbocycles. The van der Waals surface area contributed by atoms with Gasteiger partial charge in [0.15, 0.2) is 0 Å². The Bertz CT molecular complexity index is 657. The molecule has 2 aromatic heterocycles. The van der Waals surface area contributed by atoms with Gasteiger partial charge in [-0.1, -0.05) is 6.07 Å². The van der Waals surface area contributed by atoms with Gasteiger partial charge < -0.3 is 10.0 Å². The van der Waals surface area contributed by atoms with Crippen molar-refractivity contribution in [2.45, 2.75) is 6.42 Å². The second-order valence-electron chi connectivity index (χ2n) is 4.37. The molecule has 0 aliphatic heterocycles. The second kappa shape index (κ2) is 6.31. The molecule has 0 spiro atoms. The molecule has 2 rings (SSSR count). The molecule has 0 amide bonds. The molecule has 0 aliphatic carbocycles. The van der Waals surface area contributed by atoms with Crippen molar-refractivity contribution in [1.29, 1.82) is 0 Å². The molecular formula is C13H13N3O4S. The molecule has 7 nitrogen and oxygen atoms in total. The first kappa shape index (κ1) is 14.9. The lowest BCUT2D eigenvalue weighted by atomic mass is 10.2. The lowest BCUT2D eigenvalue weighted by Crippen LogP contribution is -2.21. The number of carboxylic acid groups (broad SMARTS) is 1. The first-order chi connectivity index (χ1) is 9.99. The van der Waals surface area contributed by atoms with Gasteiger partial charge >= 0.3 is 11.7 Å². The van der Waals surface area contributed by atoms with Gasteiger partial charge in [0.05, 0.1) is 4.92 Å². The van der Waals surface area contributed by atoms with Crippen LogP contribution in [-0.2, 0) is 6.42 Å². The Morgan fingerprint density at radius 3 is 2.90 bits per heavy atom. The molecule has 0 radical (unpaired) electrons. The zero-order valence-electron chi connectivity index (χ0n) is 11.2. The fourth-order valence-electron chi connectivity index (χ4n) is 1.81. The van der Waals surface area contributed by atoms with Gasteiger partial charge in [-0.25, -0.2) is 9.78 Å². The van der Waals surface area contributed by atoms with E-state index in [1.165, 1.54) is 10.9 Å². The highest BCUT2D eigenvalue weighted by molar-refractivity contribution is 7.09. The molecule has 21 heavy (non-hydrogen) atoms. The molecule has 0 bridgehead atoms. The number of hydrogen-bond acceptors (Lipinski definition) is 6. The minimum Gasteiger partial charge on any atom is -0.477 e. The van der Waals surface area contributed by atoms with Gasteiger partial charge in [0, 0.05) is 24.5 Å². The third kappa shape index (κ3) is 3.54. The summed E-state index contributed by atoms with van der Waals surface area (Å²) in [6, 6.07) is 5.21. The van der Waals surface area contributed by atoms with Crippen LogP contribution in [0, 0.1) is 10.1 Å². The Hall–Kier alpha value is -2.48. The van der Waals surface area contributed by atoms with Crippen LogP contribution >= 0.6 is 11.3 Å². The van der Waals surface area contributed by atoms with Crippen LogP contribution in [-0.4, -0.2) is 34.6 Å². The van der Waals surface area contributed by atoms with Gasteiger partial charge in [-0.3, -0.25) is 10.1 Å². The molecular weight excluding hydrogens is 294 g/mol. The molecule has 2 aromatic rings. The lowest BCUT2D eigenvalue weighted by molar-refractivity contribution is -0.385. The normalized spacial score (nSPS) is 10.3. The summed E-state index contributed by atoms with van der Waals surface area (Å²) in [5.41, 5.74) is -0.856. The third-order valence-corrected chi connectivity index (χ3v) is 3.90. The van der Waals surface area contributed by atoms with Crippen LogP contribution in [0.15, 0.2) is 29.8 Å². The number of hydrogen-bond donors (Lipinski definition) is 1. The molecule has 0 saturated heterocycles. The van der Waals surface area contributed by atoms with Crippen LogP contribution in [0.5, 0.6) is 0 Å². The van der Waals surface area contributed by atoms with Crippen molar-refractivity contribution in [3.63, 3.8) is 0 Å². The molecule has 0 aliphatic rings. The number of aromatic nitrogens is 1. The predicted molar refractivity (Wildman–Crippen MR) is 79.1 cm³/mol. The van der Waals surface area contributed by atoms with Crippen molar-refractivity contribution in [1.82, 2.24) is 4.98 Å². The third-order valence-electron chi connectivity index (χ3n) is 2.96. The minimum absolute atomic E-state index is 0.354. The largest absolute Gasteiger partial charge is 0.477 e. The maximum atomic E-state index is 11.1. The number of carbonyl (C=O) groups is 1. The number of nitro groups is 1. The first-order valence-corrected chi connectivity index (χ1v) is 6.98. The van der Waals surface area contributed by atoms with Crippen molar-refractivity contribution >= 4 is 28.8 Å². The summed E-state index contributed by atoms with van der Waals surface area (Å²) < 4.78 is 0. The Labute approximate surface area is 124 Å². The van der Waals surface area contributed by atoms with E-state index in [2.05, 4.69) is 4.98 Å². The summed E-state index contributed by atoms with van der Waals surface area (Å²) in [6.07, 6.45) is 1.79. The maximum absolute atomic E-state index is 11.1. The fourth-order valence-corrected chi connectivity index (χ4v) is 2.51. The molecule has 110 valence electrons. The number of rotatable bonds is 6. The van der Waals surface area contributed by atoms with E-state index in [1.807, 2.05) is 17.5 Å². The number of carboxylic acids is 1. The monoisotopic (exact) mass is 307 g/mol. The summed E-state index contributed by atoms with van der Waals surface area (Å²) >= 11 is 1.64. The quantitative estimate of drug-likeness (QED) is 0.650. The van der Waals surface area contributed by atoms with Crippen LogP contribution in [0.2, 0.25) is 0 Å². The topological polar surface area (TPSA) is 96.6 Å². The van der Waals surface area contributed by atoms with Crippen LogP contribution < -0.4 is 4.90 Å². The Balaban J connectivity index is 2.17. The minimum atomic E-state index is -1.34. The molecule has 0 unspecified atom stereocenters. The average Bonchev–Trinajstić information content (AvgIpc) is 2.97. The molecule has 8 heteroatoms. The summed E-state index contributed by atoms with van der Waals surface area (Å²) in [7, 11) is 1.77. The van der Waals surface area contributed by atoms with Crippen molar-refractivity contribution in [2.24, 2.45) is 0 Å². The standard InChI is InChI=1S/C13H13N3O4S/c1-15(5-4-9-3-2-6-21-9)12-7-10(13(17)18)11(8-14-12)16(19)20/h2-3,6-8H,4-5H2,1H3,(H,17,18). The van der Waals surface area contributed by atoms with E-state index in [-0.39, 0.29) is 5.56 Å². The number of thiophene rings is 1. The smallest absolute Gasteiger partial charge is 0.342 e. The number of aromatic carboxylic acids is 1. The molecule has 1 N–H and O–H groups in total. The van der Waals surface area contributed by atoms with E-state index in [0.717, 1.165) is 12.6 Å². The van der Waals surface area contributed by atoms with Crippen LogP contribution in [0.3, 0.4) is 0 Å². The van der Waals surface area contributed by atoms with E-state index in [9.17, 15) is 14.9 Å². The molecule has 2 heterocycles. The first-order valence-electron chi connectivity index (χ1n) is 6.10. The van der Waals surface area contributed by atoms with E-state index in [4.69, 9.17) is 5.11 Å². The van der Waals surface area contributed by atoms with Gasteiger partial charge in [-0.15, -0.1) is 11.3 Å². The number of anilines is 1. The van der Waals surface area contributed by atoms with E-state index >= 15 is 0 Å². The molecule has 0 saturated carbocycles. The van der Waals surface area contributed by atoms with Crippen molar-refractivity contribution in [3.8, 4) is 0 Å². The van der Waals surface area contributed by atoms with Crippen molar-refractivity contribution < 1.29 is 14.8 Å². The van der Waals surface area contributed by atoms with E-state index in [0.29, 0.717) is 12.4 Å². The SMILES string of the molecule is CN(CCc1cccs1)c1cc(C(=O)O)c([N+](=O)[O-])cn1. The second-order valence-corrected chi connectivity index (χ2v) is 5.41. The summed E-state index contributed by atoms with van der Waals surface area (Å²) in [6.45, 7) is 0.643. The van der Waals surface area contributed by atoms with Crippen LogP contribution in [0.25, 0.3) is 0 Å². The number of nitrogens with zero attached hydrogens (tertiary/aromatic N) is 3. The van der Waals surface area contributed by atoms with Gasteiger partial charge in [-0.2, -0.15) is 0 Å². The van der Waals surface area contributed by atoms with Crippen LogP contribution in [0.4, 0.5) is 11.5 Å². The Morgan fingerprint density at radius 1 is 1.57 bits per heavy atom. The highest BCUT2D eigenvalue weighted by Gasteiger charge is 2.21. The zero-order chi connectivity index (χ0) is 15.4. The van der Waals surface area contributed by atoms with E-state index in [1.54, 1.807) is 23.3 Å². The Kier molecular flexibility index (Phi) is 4.49. The predicted octanol–water partition coefficient (Wildman–Crippen LogP) is 2.43. The summed E-state index contributed by atoms with van der Waals surface area (Å²) in [5.74, 6) is -0.938. The van der Waals surface area contributed by atoms with Crippen molar-refractivity contribution in [3.05, 3.63) is 50.3 Å². The lowest BCUT2D eigenvalue weighted by Gasteiger charge is -2.17. The van der Waals surface area contributed by atoms with Gasteiger partial charge in [0.2, 0.25) is 0 Å². The zero-order valence-corrected chi connectivity index (χ0v) is 12.0. The van der Waals surface area contributed by atoms with Crippen LogP contribution in [0.1, 0.15) is 15.2 Å². The van der Waals surface area contributed by atoms with Gasteiger partial charge in [0.25, 0.3) is 0 Å². The Morgan fingerprint density at radius 2 is 2.33 bits per heavy atom. The average molecular weight is 307 g/mol.